The Morgan fingerprint density at radius 3 is 2.94 bits per heavy atom. The molecule has 0 aliphatic carbocycles. The third-order valence-corrected chi connectivity index (χ3v) is 1.95. The summed E-state index contributed by atoms with van der Waals surface area (Å²) in [4.78, 5) is 3.73. The van der Waals surface area contributed by atoms with Crippen molar-refractivity contribution in [3.05, 3.63) is 23.6 Å². The van der Waals surface area contributed by atoms with Crippen molar-refractivity contribution in [1.82, 2.24) is 4.98 Å². The third kappa shape index (κ3) is 3.30. The molecule has 0 fully saturated rings. The molecule has 0 aliphatic rings. The molecule has 0 saturated heterocycles. The fourth-order valence-electron chi connectivity index (χ4n) is 1.08. The molecule has 0 atom stereocenters. The Hall–Kier alpha value is -1.98. The number of rotatable bonds is 5. The lowest BCUT2D eigenvalue weighted by atomic mass is 10.2. The monoisotopic (exact) mass is 224 g/mol. The second-order valence-electron chi connectivity index (χ2n) is 3.30. The van der Waals surface area contributed by atoms with Gasteiger partial charge in [0, 0.05) is 0 Å². The fraction of sp³-hybridized carbons (Fsp3) is 0.400. The van der Waals surface area contributed by atoms with E-state index in [1.165, 1.54) is 12.3 Å². The Labute approximate surface area is 94.1 Å². The van der Waals surface area contributed by atoms with Crippen LogP contribution in [0.15, 0.2) is 18.4 Å². The van der Waals surface area contributed by atoms with Crippen molar-refractivity contribution in [2.24, 2.45) is 0 Å². The zero-order valence-electron chi connectivity index (χ0n) is 9.22. The Bertz CT molecular complexity index is 356. The number of unbranched alkanes of at least 4 members (excludes halogenated alkanes) is 2. The number of hydrogen-bond donors (Lipinski definition) is 2. The van der Waals surface area contributed by atoms with Crippen LogP contribution >= 0.6 is 0 Å². The molecule has 1 aromatic rings. The van der Waals surface area contributed by atoms with Gasteiger partial charge in [-0.25, -0.2) is 4.73 Å². The first-order valence-corrected chi connectivity index (χ1v) is 5.12. The highest BCUT2D eigenvalue weighted by atomic mass is 16.5. The van der Waals surface area contributed by atoms with Crippen LogP contribution in [0.2, 0.25) is 0 Å². The summed E-state index contributed by atoms with van der Waals surface area (Å²) in [7, 11) is 0. The fourth-order valence-corrected chi connectivity index (χ4v) is 1.08. The van der Waals surface area contributed by atoms with Crippen LogP contribution in [0.5, 0.6) is 5.88 Å². The minimum absolute atomic E-state index is 0.0375. The maximum atomic E-state index is 11.1. The molecule has 4 N–H and O–H groups in total. The van der Waals surface area contributed by atoms with E-state index in [-0.39, 0.29) is 17.6 Å². The first-order chi connectivity index (χ1) is 7.65. The predicted molar refractivity (Wildman–Crippen MR) is 61.3 cm³/mol. The van der Waals surface area contributed by atoms with Crippen molar-refractivity contribution in [1.29, 1.82) is 0 Å². The summed E-state index contributed by atoms with van der Waals surface area (Å²) >= 11 is 0. The van der Waals surface area contributed by atoms with Crippen LogP contribution < -0.4 is 20.9 Å². The molecule has 1 heterocycles. The number of nitrogens with two attached hydrogens (primary N) is 2. The largest absolute Gasteiger partial charge is 0.754 e. The minimum atomic E-state index is -0.225. The molecule has 0 aliphatic heterocycles. The number of allylic oxidation sites excluding steroid dienone is 1. The summed E-state index contributed by atoms with van der Waals surface area (Å²) in [5.41, 5.74) is 10.7. The van der Waals surface area contributed by atoms with Crippen LogP contribution in [0.4, 0.5) is 11.8 Å². The Morgan fingerprint density at radius 2 is 2.31 bits per heavy atom. The molecule has 6 nitrogen and oxygen atoms in total. The topological polar surface area (TPSA) is 101 Å². The summed E-state index contributed by atoms with van der Waals surface area (Å²) in [6.07, 6.45) is 6.58. The number of nitrogen functional groups attached to an aromatic ring is 2. The van der Waals surface area contributed by atoms with Gasteiger partial charge in [-0.2, -0.15) is 0 Å². The molecule has 0 bridgehead atoms. The zero-order chi connectivity index (χ0) is 12.0. The van der Waals surface area contributed by atoms with E-state index in [0.717, 1.165) is 19.3 Å². The van der Waals surface area contributed by atoms with E-state index in [2.05, 4.69) is 11.9 Å². The van der Waals surface area contributed by atoms with Gasteiger partial charge in [-0.1, -0.05) is 18.3 Å². The molecule has 0 amide bonds. The summed E-state index contributed by atoms with van der Waals surface area (Å²) in [5, 5.41) is 11.1. The average Bonchev–Trinajstić information content (AvgIpc) is 2.25. The van der Waals surface area contributed by atoms with Gasteiger partial charge in [0.1, 0.15) is 0 Å². The van der Waals surface area contributed by atoms with E-state index in [1.54, 1.807) is 0 Å². The van der Waals surface area contributed by atoms with Gasteiger partial charge in [-0.3, -0.25) is 0 Å². The van der Waals surface area contributed by atoms with E-state index in [4.69, 9.17) is 16.2 Å². The quantitative estimate of drug-likeness (QED) is 0.336. The standard InChI is InChI=1S/C10H16N4O2/c1-2-3-4-5-6-16-9-7-8(11)14(15)10(12)13-9/h5-7H,2-4,11H2,1H3,(H2,12,13). The Balaban J connectivity index is 2.58. The van der Waals surface area contributed by atoms with Gasteiger partial charge in [-0.15, -0.1) is 0 Å². The molecule has 1 rings (SSSR count). The number of aromatic nitrogens is 2. The van der Waals surface area contributed by atoms with Gasteiger partial charge in [0.05, 0.1) is 12.3 Å². The molecule has 88 valence electrons. The molecule has 0 aromatic carbocycles. The van der Waals surface area contributed by atoms with Crippen LogP contribution in [0.25, 0.3) is 0 Å². The highest BCUT2D eigenvalue weighted by Gasteiger charge is 2.07. The lowest BCUT2D eigenvalue weighted by Gasteiger charge is -2.09. The van der Waals surface area contributed by atoms with E-state index in [9.17, 15) is 5.21 Å². The number of anilines is 2. The molecule has 1 aromatic heterocycles. The molecule has 6 heteroatoms. The molecule has 0 radical (unpaired) electrons. The first-order valence-electron chi connectivity index (χ1n) is 5.12. The second kappa shape index (κ2) is 5.79. The summed E-state index contributed by atoms with van der Waals surface area (Å²) in [6.45, 7) is 2.11. The molecule has 0 unspecified atom stereocenters. The normalized spacial score (nSPS) is 10.8. The maximum absolute atomic E-state index is 11.1. The Morgan fingerprint density at radius 1 is 1.56 bits per heavy atom. The zero-order valence-corrected chi connectivity index (χ0v) is 9.22. The highest BCUT2D eigenvalue weighted by Crippen LogP contribution is 2.10. The lowest BCUT2D eigenvalue weighted by Crippen LogP contribution is -2.35. The average molecular weight is 224 g/mol. The molecule has 0 spiro atoms. The maximum Gasteiger partial charge on any atom is 0.347 e. The number of ether oxygens (including phenoxy) is 1. The SMILES string of the molecule is CCCCC=COc1cc(N)[n+]([O-])c(N)n1. The Kier molecular flexibility index (Phi) is 4.38. The molecular formula is C10H16N4O2. The van der Waals surface area contributed by atoms with Crippen LogP contribution in [0, 0.1) is 5.21 Å². The van der Waals surface area contributed by atoms with Crippen molar-refractivity contribution < 1.29 is 9.47 Å². The highest BCUT2D eigenvalue weighted by molar-refractivity contribution is 5.31. The van der Waals surface area contributed by atoms with Gasteiger partial charge in [-0.05, 0) is 18.9 Å². The van der Waals surface area contributed by atoms with Gasteiger partial charge in [0.2, 0.25) is 0 Å². The smallest absolute Gasteiger partial charge is 0.347 e. The summed E-state index contributed by atoms with van der Waals surface area (Å²) in [6, 6.07) is 1.33. The van der Waals surface area contributed by atoms with Gasteiger partial charge >= 0.3 is 5.95 Å². The van der Waals surface area contributed by atoms with E-state index in [0.29, 0.717) is 4.73 Å². The van der Waals surface area contributed by atoms with Crippen LogP contribution in [0.1, 0.15) is 26.2 Å². The van der Waals surface area contributed by atoms with Crippen molar-refractivity contribution in [3.63, 3.8) is 0 Å². The van der Waals surface area contributed by atoms with Crippen molar-refractivity contribution in [2.45, 2.75) is 26.2 Å². The van der Waals surface area contributed by atoms with Crippen molar-refractivity contribution in [2.75, 3.05) is 11.5 Å². The van der Waals surface area contributed by atoms with Crippen molar-refractivity contribution >= 4 is 11.8 Å². The third-order valence-electron chi connectivity index (χ3n) is 1.95. The molecule has 0 saturated carbocycles. The molecular weight excluding hydrogens is 208 g/mol. The summed E-state index contributed by atoms with van der Waals surface area (Å²) < 4.78 is 5.51. The van der Waals surface area contributed by atoms with Crippen molar-refractivity contribution in [3.8, 4) is 5.88 Å². The predicted octanol–water partition coefficient (Wildman–Crippen LogP) is 0.962. The van der Waals surface area contributed by atoms with Crippen LogP contribution in [-0.2, 0) is 0 Å². The molecule has 16 heavy (non-hydrogen) atoms. The van der Waals surface area contributed by atoms with E-state index >= 15 is 0 Å². The summed E-state index contributed by atoms with van der Waals surface area (Å²) in [5.74, 6) is -0.0451. The lowest BCUT2D eigenvalue weighted by molar-refractivity contribution is -0.577. The van der Waals surface area contributed by atoms with Gasteiger partial charge in [0.15, 0.2) is 5.82 Å². The minimum Gasteiger partial charge on any atom is -0.754 e. The van der Waals surface area contributed by atoms with Crippen LogP contribution in [0.3, 0.4) is 0 Å². The number of hydrogen-bond acceptors (Lipinski definition) is 5. The second-order valence-corrected chi connectivity index (χ2v) is 3.30. The van der Waals surface area contributed by atoms with Gasteiger partial charge < -0.3 is 21.4 Å². The van der Waals surface area contributed by atoms with Crippen LogP contribution in [-0.4, -0.2) is 4.98 Å². The van der Waals surface area contributed by atoms with Gasteiger partial charge in [0.25, 0.3) is 5.88 Å². The van der Waals surface area contributed by atoms with E-state index < -0.39 is 0 Å². The first kappa shape index (κ1) is 12.1. The number of nitrogens with zero attached hydrogens (tertiary/aromatic N) is 2. The van der Waals surface area contributed by atoms with E-state index in [1.807, 2.05) is 6.08 Å².